The van der Waals surface area contributed by atoms with E-state index in [1.807, 2.05) is 13.0 Å². The number of rotatable bonds is 7. The monoisotopic (exact) mass is 305 g/mol. The second-order valence-electron chi connectivity index (χ2n) is 5.89. The lowest BCUT2D eigenvalue weighted by Crippen LogP contribution is -2.13. The molecular weight excluding hydrogens is 278 g/mol. The van der Waals surface area contributed by atoms with E-state index in [9.17, 15) is 4.79 Å². The van der Waals surface area contributed by atoms with E-state index >= 15 is 0 Å². The molecule has 2 rings (SSSR count). The second-order valence-corrected chi connectivity index (χ2v) is 5.89. The van der Waals surface area contributed by atoms with Gasteiger partial charge in [-0.25, -0.2) is 0 Å². The minimum Gasteiger partial charge on any atom is -0.494 e. The summed E-state index contributed by atoms with van der Waals surface area (Å²) in [6.07, 6.45) is 5.61. The van der Waals surface area contributed by atoms with Gasteiger partial charge in [-0.15, -0.1) is 0 Å². The van der Waals surface area contributed by atoms with Gasteiger partial charge in [-0.2, -0.15) is 0 Å². The molecule has 4 heteroatoms. The molecule has 0 heterocycles. The quantitative estimate of drug-likeness (QED) is 0.478. The molecule has 1 aromatic carbocycles. The fourth-order valence-corrected chi connectivity index (χ4v) is 3.02. The molecular formula is C18H27NO3. The number of aryl methyl sites for hydroxylation is 1. The molecule has 122 valence electrons. The Labute approximate surface area is 133 Å². The van der Waals surface area contributed by atoms with Gasteiger partial charge in [0.25, 0.3) is 0 Å². The summed E-state index contributed by atoms with van der Waals surface area (Å²) in [6.45, 7) is 3.61. The zero-order valence-electron chi connectivity index (χ0n) is 13.5. The average Bonchev–Trinajstić information content (AvgIpc) is 2.69. The van der Waals surface area contributed by atoms with Gasteiger partial charge in [-0.05, 0) is 74.8 Å². The van der Waals surface area contributed by atoms with Crippen molar-refractivity contribution in [2.24, 2.45) is 11.7 Å². The molecule has 0 saturated heterocycles. The van der Waals surface area contributed by atoms with Gasteiger partial charge in [0.1, 0.15) is 5.75 Å². The Bertz CT molecular complexity index is 487. The van der Waals surface area contributed by atoms with Crippen molar-refractivity contribution in [3.63, 3.8) is 0 Å². The molecule has 2 N–H and O–H groups in total. The van der Waals surface area contributed by atoms with E-state index < -0.39 is 0 Å². The van der Waals surface area contributed by atoms with Crippen molar-refractivity contribution in [2.45, 2.75) is 45.4 Å². The Balaban J connectivity index is 2.00. The van der Waals surface area contributed by atoms with E-state index in [0.717, 1.165) is 37.9 Å². The van der Waals surface area contributed by atoms with Crippen LogP contribution < -0.4 is 10.5 Å². The molecule has 4 nitrogen and oxygen atoms in total. The number of nitrogens with two attached hydrogens (primary N) is 1. The molecule has 0 radical (unpaired) electrons. The molecule has 1 unspecified atom stereocenters. The Morgan fingerprint density at radius 3 is 3.00 bits per heavy atom. The first kappa shape index (κ1) is 16.8. The van der Waals surface area contributed by atoms with E-state index in [4.69, 9.17) is 15.2 Å². The summed E-state index contributed by atoms with van der Waals surface area (Å²) in [5.74, 6) is 1.20. The third-order valence-electron chi connectivity index (χ3n) is 4.12. The van der Waals surface area contributed by atoms with Gasteiger partial charge < -0.3 is 15.2 Å². The van der Waals surface area contributed by atoms with E-state index in [1.165, 1.54) is 11.1 Å². The number of esters is 1. The second kappa shape index (κ2) is 8.79. The predicted octanol–water partition coefficient (Wildman–Crippen LogP) is 2.86. The summed E-state index contributed by atoms with van der Waals surface area (Å²) in [6, 6.07) is 6.34. The number of hydrogen-bond donors (Lipinski definition) is 1. The van der Waals surface area contributed by atoms with Crippen LogP contribution in [-0.4, -0.2) is 25.7 Å². The van der Waals surface area contributed by atoms with Gasteiger partial charge in [0.05, 0.1) is 13.2 Å². The van der Waals surface area contributed by atoms with Gasteiger partial charge in [-0.1, -0.05) is 6.07 Å². The summed E-state index contributed by atoms with van der Waals surface area (Å²) in [5, 5.41) is 0. The molecule has 22 heavy (non-hydrogen) atoms. The highest BCUT2D eigenvalue weighted by Crippen LogP contribution is 2.29. The Morgan fingerprint density at radius 1 is 1.36 bits per heavy atom. The van der Waals surface area contributed by atoms with Crippen molar-refractivity contribution in [1.82, 2.24) is 0 Å². The van der Waals surface area contributed by atoms with Crippen molar-refractivity contribution in [3.8, 4) is 5.75 Å². The number of ether oxygens (including phenoxy) is 2. The SMILES string of the molecule is CCOC(=O)CC1CCCc2ccc(OCCCN)cc2C1. The number of fused-ring (bicyclic) bond motifs is 1. The van der Waals surface area contributed by atoms with E-state index in [0.29, 0.717) is 32.1 Å². The Kier molecular flexibility index (Phi) is 6.72. The van der Waals surface area contributed by atoms with Gasteiger partial charge >= 0.3 is 5.97 Å². The molecule has 0 saturated carbocycles. The Hall–Kier alpha value is -1.55. The van der Waals surface area contributed by atoms with Crippen LogP contribution in [0, 0.1) is 5.92 Å². The predicted molar refractivity (Wildman–Crippen MR) is 87.0 cm³/mol. The van der Waals surface area contributed by atoms with Crippen LogP contribution in [0.25, 0.3) is 0 Å². The standard InChI is InChI=1S/C18H27NO3/c1-2-21-18(20)12-14-5-3-6-15-7-8-17(13-16(15)11-14)22-10-4-9-19/h7-8,13-14H,2-6,9-12,19H2,1H3. The molecule has 0 amide bonds. The zero-order chi connectivity index (χ0) is 15.8. The van der Waals surface area contributed by atoms with Crippen LogP contribution in [0.2, 0.25) is 0 Å². The van der Waals surface area contributed by atoms with Gasteiger partial charge in [0.2, 0.25) is 0 Å². The molecule has 1 aromatic rings. The van der Waals surface area contributed by atoms with Gasteiger partial charge in [0.15, 0.2) is 0 Å². The van der Waals surface area contributed by atoms with Crippen LogP contribution in [0.4, 0.5) is 0 Å². The number of carbonyl (C=O) groups excluding carboxylic acids is 1. The average molecular weight is 305 g/mol. The summed E-state index contributed by atoms with van der Waals surface area (Å²) in [4.78, 5) is 11.7. The summed E-state index contributed by atoms with van der Waals surface area (Å²) < 4.78 is 10.8. The first-order chi connectivity index (χ1) is 10.7. The van der Waals surface area contributed by atoms with Crippen molar-refractivity contribution >= 4 is 5.97 Å². The van der Waals surface area contributed by atoms with Crippen LogP contribution in [-0.2, 0) is 22.4 Å². The molecule has 0 aliphatic heterocycles. The Morgan fingerprint density at radius 2 is 2.23 bits per heavy atom. The lowest BCUT2D eigenvalue weighted by atomic mass is 9.94. The number of carbonyl (C=O) groups is 1. The van der Waals surface area contributed by atoms with E-state index in [2.05, 4.69) is 12.1 Å². The third-order valence-corrected chi connectivity index (χ3v) is 4.12. The molecule has 1 aliphatic rings. The lowest BCUT2D eigenvalue weighted by Gasteiger charge is -2.15. The van der Waals surface area contributed by atoms with Crippen LogP contribution >= 0.6 is 0 Å². The molecule has 1 aliphatic carbocycles. The van der Waals surface area contributed by atoms with Crippen LogP contribution in [0.15, 0.2) is 18.2 Å². The summed E-state index contributed by atoms with van der Waals surface area (Å²) in [7, 11) is 0. The van der Waals surface area contributed by atoms with E-state index in [-0.39, 0.29) is 5.97 Å². The minimum atomic E-state index is -0.0775. The first-order valence-electron chi connectivity index (χ1n) is 8.33. The van der Waals surface area contributed by atoms with Crippen molar-refractivity contribution < 1.29 is 14.3 Å². The van der Waals surface area contributed by atoms with Crippen LogP contribution in [0.3, 0.4) is 0 Å². The number of benzene rings is 1. The third kappa shape index (κ3) is 5.02. The van der Waals surface area contributed by atoms with Crippen molar-refractivity contribution in [1.29, 1.82) is 0 Å². The topological polar surface area (TPSA) is 61.5 Å². The lowest BCUT2D eigenvalue weighted by molar-refractivity contribution is -0.144. The number of hydrogen-bond acceptors (Lipinski definition) is 4. The maximum absolute atomic E-state index is 11.7. The smallest absolute Gasteiger partial charge is 0.306 e. The molecule has 0 spiro atoms. The summed E-state index contributed by atoms with van der Waals surface area (Å²) >= 11 is 0. The highest BCUT2D eigenvalue weighted by molar-refractivity contribution is 5.69. The minimum absolute atomic E-state index is 0.0775. The normalized spacial score (nSPS) is 17.5. The van der Waals surface area contributed by atoms with Gasteiger partial charge in [-0.3, -0.25) is 4.79 Å². The van der Waals surface area contributed by atoms with Crippen LogP contribution in [0.1, 0.15) is 43.7 Å². The molecule has 0 fully saturated rings. The molecule has 0 aromatic heterocycles. The van der Waals surface area contributed by atoms with E-state index in [1.54, 1.807) is 0 Å². The van der Waals surface area contributed by atoms with Gasteiger partial charge in [0, 0.05) is 6.42 Å². The highest BCUT2D eigenvalue weighted by Gasteiger charge is 2.20. The molecule has 0 bridgehead atoms. The van der Waals surface area contributed by atoms with Crippen molar-refractivity contribution in [3.05, 3.63) is 29.3 Å². The zero-order valence-corrected chi connectivity index (χ0v) is 13.5. The first-order valence-corrected chi connectivity index (χ1v) is 8.33. The molecule has 1 atom stereocenters. The highest BCUT2D eigenvalue weighted by atomic mass is 16.5. The largest absolute Gasteiger partial charge is 0.494 e. The summed E-state index contributed by atoms with van der Waals surface area (Å²) in [5.41, 5.74) is 8.19. The fraction of sp³-hybridized carbons (Fsp3) is 0.611. The fourth-order valence-electron chi connectivity index (χ4n) is 3.02. The van der Waals surface area contributed by atoms with Crippen molar-refractivity contribution in [2.75, 3.05) is 19.8 Å². The van der Waals surface area contributed by atoms with Crippen LogP contribution in [0.5, 0.6) is 5.75 Å². The maximum atomic E-state index is 11.7. The maximum Gasteiger partial charge on any atom is 0.306 e.